The zero-order valence-corrected chi connectivity index (χ0v) is 18.5. The first-order chi connectivity index (χ1) is 15.5. The first kappa shape index (κ1) is 20.4. The number of hydrazine groups is 1. The lowest BCUT2D eigenvalue weighted by atomic mass is 10.1. The van der Waals surface area contributed by atoms with Gasteiger partial charge in [0.2, 0.25) is 5.13 Å². The van der Waals surface area contributed by atoms with Crippen molar-refractivity contribution < 1.29 is 14.1 Å². The number of para-hydroxylation sites is 1. The van der Waals surface area contributed by atoms with Crippen LogP contribution < -0.4 is 5.43 Å². The Labute approximate surface area is 194 Å². The van der Waals surface area contributed by atoms with Gasteiger partial charge >= 0.3 is 0 Å². The van der Waals surface area contributed by atoms with Crippen LogP contribution in [0.3, 0.4) is 0 Å². The van der Waals surface area contributed by atoms with E-state index in [-0.39, 0.29) is 11.6 Å². The molecule has 0 unspecified atom stereocenters. The highest BCUT2D eigenvalue weighted by atomic mass is 32.2. The molecule has 2 aromatic carbocycles. The molecule has 1 aliphatic heterocycles. The number of nitrogens with one attached hydrogen (secondary N) is 1. The molecule has 1 N–H and O–H groups in total. The third kappa shape index (κ3) is 3.88. The Morgan fingerprint density at radius 1 is 1.12 bits per heavy atom. The van der Waals surface area contributed by atoms with Crippen molar-refractivity contribution in [2.75, 3.05) is 5.43 Å². The number of fused-ring (bicyclic) bond motifs is 1. The van der Waals surface area contributed by atoms with Gasteiger partial charge in [-0.05, 0) is 48.6 Å². The standard InChI is InChI=1S/C21H12N4O4S3/c26-19-18(11-14-9-10-16(29-14)12-5-7-13(8-6-12)25(27)28)32-21(30)24(19)23-20-22-15-3-1-2-4-17(15)31-20/h1-11H,(H,22,23)/b18-11-. The number of aromatic nitrogens is 1. The molecule has 0 radical (unpaired) electrons. The quantitative estimate of drug-likeness (QED) is 0.168. The average molecular weight is 481 g/mol. The van der Waals surface area contributed by atoms with Crippen molar-refractivity contribution in [1.29, 1.82) is 0 Å². The van der Waals surface area contributed by atoms with E-state index in [0.717, 1.165) is 22.0 Å². The summed E-state index contributed by atoms with van der Waals surface area (Å²) < 4.78 is 7.17. The minimum atomic E-state index is -0.457. The fourth-order valence-corrected chi connectivity index (χ4v) is 5.06. The van der Waals surface area contributed by atoms with Gasteiger partial charge < -0.3 is 4.42 Å². The molecule has 4 aromatic rings. The summed E-state index contributed by atoms with van der Waals surface area (Å²) >= 11 is 7.95. The maximum Gasteiger partial charge on any atom is 0.285 e. The van der Waals surface area contributed by atoms with Crippen molar-refractivity contribution in [3.63, 3.8) is 0 Å². The molecule has 0 bridgehead atoms. The number of thioether (sulfide) groups is 1. The summed E-state index contributed by atoms with van der Waals surface area (Å²) in [5.74, 6) is 0.709. The monoisotopic (exact) mass is 480 g/mol. The van der Waals surface area contributed by atoms with Gasteiger partial charge in [0.15, 0.2) is 4.32 Å². The molecular weight excluding hydrogens is 468 g/mol. The predicted octanol–water partition coefficient (Wildman–Crippen LogP) is 5.69. The van der Waals surface area contributed by atoms with Crippen molar-refractivity contribution in [3.05, 3.63) is 81.4 Å². The van der Waals surface area contributed by atoms with Gasteiger partial charge in [0.05, 0.1) is 20.0 Å². The lowest BCUT2D eigenvalue weighted by Gasteiger charge is -2.14. The Bertz CT molecular complexity index is 1370. The van der Waals surface area contributed by atoms with Gasteiger partial charge in [-0.2, -0.15) is 5.01 Å². The molecule has 8 nitrogen and oxygen atoms in total. The van der Waals surface area contributed by atoms with Crippen LogP contribution in [0.25, 0.3) is 27.6 Å². The highest BCUT2D eigenvalue weighted by molar-refractivity contribution is 8.26. The Balaban J connectivity index is 1.34. The predicted molar refractivity (Wildman–Crippen MR) is 129 cm³/mol. The molecule has 0 spiro atoms. The SMILES string of the molecule is O=C1/C(=C/c2ccc(-c3ccc([N+](=O)[O-])cc3)o2)SC(=S)N1Nc1nc2ccccc2s1. The number of carbonyl (C=O) groups excluding carboxylic acids is 1. The summed E-state index contributed by atoms with van der Waals surface area (Å²) in [6, 6.07) is 17.2. The summed E-state index contributed by atoms with van der Waals surface area (Å²) in [7, 11) is 0. The van der Waals surface area contributed by atoms with E-state index in [0.29, 0.717) is 31.4 Å². The Hall–Kier alpha value is -3.54. The van der Waals surface area contributed by atoms with Gasteiger partial charge in [-0.3, -0.25) is 20.3 Å². The summed E-state index contributed by atoms with van der Waals surface area (Å²) in [4.78, 5) is 28.1. The highest BCUT2D eigenvalue weighted by Crippen LogP contribution is 2.35. The van der Waals surface area contributed by atoms with Crippen LogP contribution in [0.5, 0.6) is 0 Å². The second-order valence-corrected chi connectivity index (χ2v) is 9.33. The topological polar surface area (TPSA) is 102 Å². The summed E-state index contributed by atoms with van der Waals surface area (Å²) in [5, 5.41) is 12.7. The molecule has 5 rings (SSSR count). The van der Waals surface area contributed by atoms with E-state index in [9.17, 15) is 14.9 Å². The molecule has 1 amide bonds. The van der Waals surface area contributed by atoms with Crippen molar-refractivity contribution >= 4 is 72.7 Å². The van der Waals surface area contributed by atoms with Gasteiger partial charge in [-0.1, -0.05) is 35.2 Å². The molecule has 0 atom stereocenters. The molecule has 11 heteroatoms. The van der Waals surface area contributed by atoms with Crippen LogP contribution in [-0.4, -0.2) is 25.1 Å². The second kappa shape index (κ2) is 8.19. The molecule has 1 saturated heterocycles. The fraction of sp³-hybridized carbons (Fsp3) is 0. The van der Waals surface area contributed by atoms with E-state index in [2.05, 4.69) is 10.4 Å². The lowest BCUT2D eigenvalue weighted by molar-refractivity contribution is -0.384. The summed E-state index contributed by atoms with van der Waals surface area (Å²) in [6.07, 6.45) is 1.62. The van der Waals surface area contributed by atoms with Gasteiger partial charge in [0.1, 0.15) is 11.5 Å². The smallest absolute Gasteiger partial charge is 0.285 e. The number of non-ortho nitro benzene ring substituents is 1. The highest BCUT2D eigenvalue weighted by Gasteiger charge is 2.33. The molecule has 158 valence electrons. The van der Waals surface area contributed by atoms with E-state index in [1.54, 1.807) is 30.3 Å². The Morgan fingerprint density at radius 3 is 2.66 bits per heavy atom. The van der Waals surface area contributed by atoms with Gasteiger partial charge in [0, 0.05) is 23.8 Å². The van der Waals surface area contributed by atoms with Gasteiger partial charge in [-0.25, -0.2) is 4.98 Å². The van der Waals surface area contributed by atoms with Crippen LogP contribution in [0.1, 0.15) is 5.76 Å². The van der Waals surface area contributed by atoms with Crippen molar-refractivity contribution in [3.8, 4) is 11.3 Å². The molecule has 0 aliphatic carbocycles. The van der Waals surface area contributed by atoms with Gasteiger partial charge in [-0.15, -0.1) is 0 Å². The maximum atomic E-state index is 12.9. The number of anilines is 1. The number of nitrogens with zero attached hydrogens (tertiary/aromatic N) is 3. The third-order valence-electron chi connectivity index (χ3n) is 4.56. The summed E-state index contributed by atoms with van der Waals surface area (Å²) in [5.41, 5.74) is 4.54. The van der Waals surface area contributed by atoms with E-state index in [4.69, 9.17) is 16.6 Å². The molecule has 0 saturated carbocycles. The number of thiocarbonyl (C=S) groups is 1. The minimum absolute atomic E-state index is 0.00447. The van der Waals surface area contributed by atoms with Crippen LogP contribution in [0.15, 0.2) is 70.0 Å². The number of nitro benzene ring substituents is 1. The number of rotatable bonds is 5. The average Bonchev–Trinajstić information content (AvgIpc) is 3.48. The number of thiazole rings is 1. The zero-order valence-electron chi connectivity index (χ0n) is 16.1. The Kier molecular flexibility index (Phi) is 5.21. The molecule has 2 aromatic heterocycles. The largest absolute Gasteiger partial charge is 0.457 e. The number of amides is 1. The first-order valence-electron chi connectivity index (χ1n) is 9.23. The number of carbonyl (C=O) groups is 1. The molecule has 1 fully saturated rings. The molecule has 3 heterocycles. The zero-order chi connectivity index (χ0) is 22.2. The maximum absolute atomic E-state index is 12.9. The van der Waals surface area contributed by atoms with E-state index < -0.39 is 4.92 Å². The number of benzene rings is 2. The normalized spacial score (nSPS) is 15.1. The van der Waals surface area contributed by atoms with Crippen LogP contribution in [0, 0.1) is 10.1 Å². The number of hydrogen-bond donors (Lipinski definition) is 1. The van der Waals surface area contributed by atoms with Crippen LogP contribution in [0.4, 0.5) is 10.8 Å². The number of furan rings is 1. The summed E-state index contributed by atoms with van der Waals surface area (Å²) in [6.45, 7) is 0. The second-order valence-electron chi connectivity index (χ2n) is 6.62. The molecule has 32 heavy (non-hydrogen) atoms. The van der Waals surface area contributed by atoms with E-state index in [1.807, 2.05) is 24.3 Å². The van der Waals surface area contributed by atoms with Crippen molar-refractivity contribution in [2.45, 2.75) is 0 Å². The van der Waals surface area contributed by atoms with E-state index >= 15 is 0 Å². The fourth-order valence-electron chi connectivity index (χ4n) is 3.04. The van der Waals surface area contributed by atoms with Crippen LogP contribution >= 0.6 is 35.3 Å². The van der Waals surface area contributed by atoms with Crippen molar-refractivity contribution in [1.82, 2.24) is 9.99 Å². The number of nitro groups is 1. The van der Waals surface area contributed by atoms with E-state index in [1.165, 1.54) is 28.5 Å². The first-order valence-corrected chi connectivity index (χ1v) is 11.3. The lowest BCUT2D eigenvalue weighted by Crippen LogP contribution is -2.33. The van der Waals surface area contributed by atoms with Crippen LogP contribution in [0.2, 0.25) is 0 Å². The third-order valence-corrected chi connectivity index (χ3v) is 6.80. The van der Waals surface area contributed by atoms with Crippen molar-refractivity contribution in [2.24, 2.45) is 0 Å². The molecule has 1 aliphatic rings. The number of hydrogen-bond acceptors (Lipinski definition) is 9. The Morgan fingerprint density at radius 2 is 1.91 bits per heavy atom. The van der Waals surface area contributed by atoms with Crippen LogP contribution in [-0.2, 0) is 4.79 Å². The van der Waals surface area contributed by atoms with Gasteiger partial charge in [0.25, 0.3) is 11.6 Å². The minimum Gasteiger partial charge on any atom is -0.457 e. The molecular formula is C21H12N4O4S3.